The Morgan fingerprint density at radius 2 is 1.79 bits per heavy atom. The minimum absolute atomic E-state index is 0.0370. The van der Waals surface area contributed by atoms with Gasteiger partial charge in [-0.2, -0.15) is 0 Å². The summed E-state index contributed by atoms with van der Waals surface area (Å²) in [6, 6.07) is -0.574. The summed E-state index contributed by atoms with van der Waals surface area (Å²) in [7, 11) is 5.49. The summed E-state index contributed by atoms with van der Waals surface area (Å²) in [6.07, 6.45) is 0. The molecule has 0 aliphatic carbocycles. The van der Waals surface area contributed by atoms with Crippen molar-refractivity contribution in [3.63, 3.8) is 0 Å². The van der Waals surface area contributed by atoms with E-state index in [1.54, 1.807) is 7.05 Å². The fourth-order valence-corrected chi connectivity index (χ4v) is 1.99. The molecule has 2 unspecified atom stereocenters. The summed E-state index contributed by atoms with van der Waals surface area (Å²) in [6.45, 7) is 6.14. The first-order valence-corrected chi connectivity index (χ1v) is 4.78. The van der Waals surface area contributed by atoms with Gasteiger partial charge in [0.1, 0.15) is 6.04 Å². The Labute approximate surface area is 86.3 Å². The quantitative estimate of drug-likeness (QED) is 0.702. The number of nitrogens with one attached hydrogen (secondary N) is 1. The molecule has 0 spiro atoms. The average Bonchev–Trinajstić information content (AvgIpc) is 1.95. The third kappa shape index (κ3) is 3.27. The second-order valence-electron chi connectivity index (χ2n) is 4.88. The van der Waals surface area contributed by atoms with Gasteiger partial charge < -0.3 is 15.3 Å². The van der Waals surface area contributed by atoms with Gasteiger partial charge in [0.2, 0.25) is 0 Å². The zero-order chi connectivity index (χ0) is 11.5. The lowest BCUT2D eigenvalue weighted by Gasteiger charge is -2.39. The van der Waals surface area contributed by atoms with Crippen LogP contribution in [0.3, 0.4) is 0 Å². The Bertz CT molecular complexity index is 197. The number of carbonyl (C=O) groups is 1. The molecular formula is C10H22N2O2. The van der Waals surface area contributed by atoms with Crippen molar-refractivity contribution in [3.8, 4) is 0 Å². The van der Waals surface area contributed by atoms with E-state index in [0.29, 0.717) is 0 Å². The predicted octanol–water partition coefficient (Wildman–Crippen LogP) is 0.635. The first kappa shape index (κ1) is 13.4. The van der Waals surface area contributed by atoms with E-state index < -0.39 is 12.0 Å². The molecule has 14 heavy (non-hydrogen) atoms. The molecule has 2 N–H and O–H groups in total. The van der Waals surface area contributed by atoms with E-state index in [9.17, 15) is 4.79 Å². The molecule has 0 fully saturated rings. The third-order valence-corrected chi connectivity index (χ3v) is 2.34. The second-order valence-corrected chi connectivity index (χ2v) is 4.88. The van der Waals surface area contributed by atoms with Gasteiger partial charge in [0.05, 0.1) is 0 Å². The van der Waals surface area contributed by atoms with Crippen molar-refractivity contribution in [2.24, 2.45) is 5.41 Å². The highest BCUT2D eigenvalue weighted by molar-refractivity contribution is 5.74. The van der Waals surface area contributed by atoms with Gasteiger partial charge in [-0.1, -0.05) is 20.8 Å². The highest BCUT2D eigenvalue weighted by Crippen LogP contribution is 2.25. The molecule has 0 saturated carbocycles. The zero-order valence-corrected chi connectivity index (χ0v) is 9.96. The van der Waals surface area contributed by atoms with Crippen LogP contribution in [0.5, 0.6) is 0 Å². The van der Waals surface area contributed by atoms with E-state index in [-0.39, 0.29) is 11.5 Å². The normalized spacial score (nSPS) is 16.8. The Kier molecular flexibility index (Phi) is 4.55. The molecule has 0 aromatic carbocycles. The molecule has 0 heterocycles. The summed E-state index contributed by atoms with van der Waals surface area (Å²) >= 11 is 0. The lowest BCUT2D eigenvalue weighted by atomic mass is 9.81. The van der Waals surface area contributed by atoms with Crippen LogP contribution in [-0.4, -0.2) is 49.2 Å². The monoisotopic (exact) mass is 202 g/mol. The molecular weight excluding hydrogens is 180 g/mol. The largest absolute Gasteiger partial charge is 0.480 e. The molecule has 0 bridgehead atoms. The second kappa shape index (κ2) is 4.75. The van der Waals surface area contributed by atoms with Gasteiger partial charge in [0.15, 0.2) is 0 Å². The van der Waals surface area contributed by atoms with Crippen LogP contribution < -0.4 is 5.32 Å². The van der Waals surface area contributed by atoms with Crippen LogP contribution in [-0.2, 0) is 4.79 Å². The van der Waals surface area contributed by atoms with Crippen molar-refractivity contribution in [2.45, 2.75) is 32.9 Å². The first-order valence-electron chi connectivity index (χ1n) is 4.78. The molecule has 0 saturated heterocycles. The highest BCUT2D eigenvalue weighted by Gasteiger charge is 2.37. The molecule has 0 rings (SSSR count). The van der Waals surface area contributed by atoms with Crippen LogP contribution in [0.25, 0.3) is 0 Å². The van der Waals surface area contributed by atoms with Crippen molar-refractivity contribution in [3.05, 3.63) is 0 Å². The van der Waals surface area contributed by atoms with E-state index in [1.165, 1.54) is 0 Å². The van der Waals surface area contributed by atoms with Gasteiger partial charge in [0.25, 0.3) is 0 Å². The molecule has 4 heteroatoms. The SMILES string of the molecule is CNC(C(=O)O)C(N(C)C)C(C)(C)C. The van der Waals surface area contributed by atoms with Gasteiger partial charge in [-0.05, 0) is 26.6 Å². The molecule has 2 atom stereocenters. The van der Waals surface area contributed by atoms with Gasteiger partial charge >= 0.3 is 5.97 Å². The Balaban J connectivity index is 4.89. The Morgan fingerprint density at radius 3 is 1.86 bits per heavy atom. The predicted molar refractivity (Wildman–Crippen MR) is 57.4 cm³/mol. The summed E-state index contributed by atoms with van der Waals surface area (Å²) in [5.74, 6) is -0.805. The zero-order valence-electron chi connectivity index (χ0n) is 9.96. The number of hydrogen-bond donors (Lipinski definition) is 2. The number of likely N-dealkylation sites (N-methyl/N-ethyl adjacent to an activating group) is 2. The summed E-state index contributed by atoms with van der Waals surface area (Å²) in [5.41, 5.74) is -0.0738. The van der Waals surface area contributed by atoms with Crippen molar-refractivity contribution >= 4 is 5.97 Å². The fourth-order valence-electron chi connectivity index (χ4n) is 1.99. The fraction of sp³-hybridized carbons (Fsp3) is 0.900. The van der Waals surface area contributed by atoms with E-state index >= 15 is 0 Å². The van der Waals surface area contributed by atoms with E-state index in [2.05, 4.69) is 5.32 Å². The van der Waals surface area contributed by atoms with Gasteiger partial charge in [0, 0.05) is 6.04 Å². The highest BCUT2D eigenvalue weighted by atomic mass is 16.4. The number of carboxylic acids is 1. The van der Waals surface area contributed by atoms with E-state index in [1.807, 2.05) is 39.8 Å². The van der Waals surface area contributed by atoms with E-state index in [0.717, 1.165) is 0 Å². The van der Waals surface area contributed by atoms with Crippen LogP contribution in [0, 0.1) is 5.41 Å². The molecule has 0 aliphatic heterocycles. The standard InChI is InChI=1S/C10H22N2O2/c1-10(2,3)8(12(5)6)7(11-4)9(13)14/h7-8,11H,1-6H3,(H,13,14). The number of hydrogen-bond acceptors (Lipinski definition) is 3. The number of rotatable bonds is 4. The summed E-state index contributed by atoms with van der Waals surface area (Å²) in [5, 5.41) is 11.9. The topological polar surface area (TPSA) is 52.6 Å². The van der Waals surface area contributed by atoms with Gasteiger partial charge in [-0.15, -0.1) is 0 Å². The summed E-state index contributed by atoms with van der Waals surface area (Å²) < 4.78 is 0. The lowest BCUT2D eigenvalue weighted by Crippen LogP contribution is -2.56. The lowest BCUT2D eigenvalue weighted by molar-refractivity contribution is -0.142. The molecule has 0 amide bonds. The molecule has 0 aromatic rings. The minimum atomic E-state index is -0.805. The Hall–Kier alpha value is -0.610. The average molecular weight is 202 g/mol. The molecule has 0 aromatic heterocycles. The molecule has 4 nitrogen and oxygen atoms in total. The minimum Gasteiger partial charge on any atom is -0.480 e. The van der Waals surface area contributed by atoms with Crippen LogP contribution >= 0.6 is 0 Å². The van der Waals surface area contributed by atoms with Crippen molar-refractivity contribution < 1.29 is 9.90 Å². The van der Waals surface area contributed by atoms with E-state index in [4.69, 9.17) is 5.11 Å². The van der Waals surface area contributed by atoms with Crippen molar-refractivity contribution in [1.82, 2.24) is 10.2 Å². The Morgan fingerprint density at radius 1 is 1.36 bits per heavy atom. The number of aliphatic carboxylic acids is 1. The summed E-state index contributed by atoms with van der Waals surface area (Å²) in [4.78, 5) is 13.0. The van der Waals surface area contributed by atoms with Crippen molar-refractivity contribution in [1.29, 1.82) is 0 Å². The van der Waals surface area contributed by atoms with Gasteiger partial charge in [-0.25, -0.2) is 0 Å². The van der Waals surface area contributed by atoms with Crippen LogP contribution in [0.2, 0.25) is 0 Å². The maximum Gasteiger partial charge on any atom is 0.322 e. The number of carboxylic acid groups (broad SMARTS) is 1. The first-order chi connectivity index (χ1) is 6.21. The molecule has 0 aliphatic rings. The third-order valence-electron chi connectivity index (χ3n) is 2.34. The maximum atomic E-state index is 11.0. The number of nitrogens with zero attached hydrogens (tertiary/aromatic N) is 1. The smallest absolute Gasteiger partial charge is 0.322 e. The van der Waals surface area contributed by atoms with Crippen molar-refractivity contribution in [2.75, 3.05) is 21.1 Å². The molecule has 0 radical (unpaired) electrons. The maximum absolute atomic E-state index is 11.0. The van der Waals surface area contributed by atoms with Crippen LogP contribution in [0.4, 0.5) is 0 Å². The van der Waals surface area contributed by atoms with Crippen LogP contribution in [0.1, 0.15) is 20.8 Å². The van der Waals surface area contributed by atoms with Crippen LogP contribution in [0.15, 0.2) is 0 Å². The van der Waals surface area contributed by atoms with Gasteiger partial charge in [-0.3, -0.25) is 4.79 Å². The molecule has 84 valence electrons.